The fraction of sp³-hybridized carbons (Fsp3) is 0.286. The number of piperidine rings is 1. The van der Waals surface area contributed by atoms with Gasteiger partial charge in [-0.15, -0.1) is 0 Å². The number of carbonyl (C=O) groups excluding carboxylic acids is 1. The highest BCUT2D eigenvalue weighted by atomic mass is 16.5. The molecule has 3 aromatic rings. The summed E-state index contributed by atoms with van der Waals surface area (Å²) in [6.45, 7) is 1.84. The zero-order valence-corrected chi connectivity index (χ0v) is 14.9. The molecule has 1 saturated heterocycles. The van der Waals surface area contributed by atoms with Crippen molar-refractivity contribution in [2.24, 2.45) is 0 Å². The Morgan fingerprint density at radius 2 is 1.85 bits per heavy atom. The van der Waals surface area contributed by atoms with Gasteiger partial charge in [-0.25, -0.2) is 5.01 Å². The van der Waals surface area contributed by atoms with Crippen LogP contribution in [0.25, 0.3) is 22.0 Å². The summed E-state index contributed by atoms with van der Waals surface area (Å²) in [5.41, 5.74) is 6.76. The van der Waals surface area contributed by atoms with Crippen LogP contribution in [0, 0.1) is 0 Å². The molecule has 4 rings (SSSR count). The summed E-state index contributed by atoms with van der Waals surface area (Å²) in [6.07, 6.45) is 3.51. The van der Waals surface area contributed by atoms with E-state index in [-0.39, 0.29) is 5.91 Å². The van der Waals surface area contributed by atoms with E-state index in [9.17, 15) is 4.79 Å². The lowest BCUT2D eigenvalue weighted by Crippen LogP contribution is -2.45. The average molecular weight is 349 g/mol. The van der Waals surface area contributed by atoms with Gasteiger partial charge in [0, 0.05) is 24.0 Å². The molecule has 0 aliphatic carbocycles. The van der Waals surface area contributed by atoms with Crippen LogP contribution in [0.15, 0.2) is 48.5 Å². The summed E-state index contributed by atoms with van der Waals surface area (Å²) in [7, 11) is 1.66. The first-order valence-corrected chi connectivity index (χ1v) is 9.07. The highest BCUT2D eigenvalue weighted by Gasteiger charge is 2.16. The van der Waals surface area contributed by atoms with E-state index in [4.69, 9.17) is 4.74 Å². The quantitative estimate of drug-likeness (QED) is 0.749. The third kappa shape index (κ3) is 3.30. The molecule has 1 aliphatic rings. The fourth-order valence-corrected chi connectivity index (χ4v) is 3.51. The predicted molar refractivity (Wildman–Crippen MR) is 103 cm³/mol. The second kappa shape index (κ2) is 7.22. The Balaban J connectivity index is 1.63. The molecule has 2 aromatic carbocycles. The van der Waals surface area contributed by atoms with Crippen LogP contribution in [0.2, 0.25) is 0 Å². The number of nitrogens with one attached hydrogen (secondary N) is 2. The van der Waals surface area contributed by atoms with Crippen LogP contribution in [-0.2, 0) is 0 Å². The molecule has 1 aromatic heterocycles. The van der Waals surface area contributed by atoms with Crippen molar-refractivity contribution in [1.29, 1.82) is 0 Å². The Kier molecular flexibility index (Phi) is 4.63. The van der Waals surface area contributed by atoms with E-state index < -0.39 is 0 Å². The number of rotatable bonds is 4. The maximum absolute atomic E-state index is 12.6. The number of aromatic nitrogens is 1. The second-order valence-corrected chi connectivity index (χ2v) is 6.67. The van der Waals surface area contributed by atoms with Crippen LogP contribution in [0.1, 0.15) is 29.8 Å². The number of H-pyrrole nitrogens is 1. The van der Waals surface area contributed by atoms with Crippen LogP contribution >= 0.6 is 0 Å². The van der Waals surface area contributed by atoms with Gasteiger partial charge in [-0.2, -0.15) is 0 Å². The third-order valence-electron chi connectivity index (χ3n) is 4.93. The third-order valence-corrected chi connectivity index (χ3v) is 4.93. The lowest BCUT2D eigenvalue weighted by atomic mass is 10.0. The van der Waals surface area contributed by atoms with Gasteiger partial charge in [0.2, 0.25) is 0 Å². The molecule has 2 heterocycles. The van der Waals surface area contributed by atoms with E-state index in [0.29, 0.717) is 5.69 Å². The van der Waals surface area contributed by atoms with Crippen molar-refractivity contribution >= 4 is 16.8 Å². The lowest BCUT2D eigenvalue weighted by Gasteiger charge is -2.26. The Morgan fingerprint density at radius 3 is 2.58 bits per heavy atom. The number of amides is 1. The fourth-order valence-electron chi connectivity index (χ4n) is 3.51. The van der Waals surface area contributed by atoms with Crippen LogP contribution in [-0.4, -0.2) is 36.1 Å². The number of hydrazine groups is 1. The Hall–Kier alpha value is -2.79. The number of nitrogens with zero attached hydrogens (tertiary/aromatic N) is 1. The zero-order chi connectivity index (χ0) is 17.9. The van der Waals surface area contributed by atoms with Gasteiger partial charge >= 0.3 is 0 Å². The van der Waals surface area contributed by atoms with Gasteiger partial charge in [-0.05, 0) is 48.2 Å². The van der Waals surface area contributed by atoms with Crippen LogP contribution in [0.4, 0.5) is 0 Å². The van der Waals surface area contributed by atoms with E-state index in [1.165, 1.54) is 6.42 Å². The standard InChI is InChI=1S/C21H23N3O2/c1-26-16-10-8-15(9-11-16)17-6-5-7-19-18(17)14-20(22-19)21(25)23-24-12-3-2-4-13-24/h5-11,14,22H,2-4,12-13H2,1H3,(H,23,25). The Bertz CT molecular complexity index is 909. The first-order chi connectivity index (χ1) is 12.7. The first kappa shape index (κ1) is 16.7. The number of benzene rings is 2. The molecule has 0 bridgehead atoms. The molecule has 0 unspecified atom stereocenters. The van der Waals surface area contributed by atoms with Crippen LogP contribution < -0.4 is 10.2 Å². The molecule has 0 radical (unpaired) electrons. The normalized spacial score (nSPS) is 15.1. The molecule has 0 atom stereocenters. The van der Waals surface area contributed by atoms with E-state index in [1.54, 1.807) is 7.11 Å². The number of hydrogen-bond donors (Lipinski definition) is 2. The largest absolute Gasteiger partial charge is 0.497 e. The molecule has 134 valence electrons. The van der Waals surface area contributed by atoms with Gasteiger partial charge in [-0.1, -0.05) is 30.7 Å². The zero-order valence-electron chi connectivity index (χ0n) is 14.9. The van der Waals surface area contributed by atoms with Gasteiger partial charge in [0.15, 0.2) is 0 Å². The summed E-state index contributed by atoms with van der Waals surface area (Å²) in [4.78, 5) is 15.9. The topological polar surface area (TPSA) is 57.4 Å². The minimum Gasteiger partial charge on any atom is -0.497 e. The van der Waals surface area contributed by atoms with E-state index in [1.807, 2.05) is 47.5 Å². The summed E-state index contributed by atoms with van der Waals surface area (Å²) in [5.74, 6) is 0.750. The molecule has 1 aliphatic heterocycles. The molecule has 0 spiro atoms. The van der Waals surface area contributed by atoms with Gasteiger partial charge in [-0.3, -0.25) is 10.2 Å². The Labute approximate surface area is 152 Å². The number of hydrogen-bond acceptors (Lipinski definition) is 3. The summed E-state index contributed by atoms with van der Waals surface area (Å²) in [5, 5.41) is 3.06. The van der Waals surface area contributed by atoms with Crippen molar-refractivity contribution in [1.82, 2.24) is 15.4 Å². The second-order valence-electron chi connectivity index (χ2n) is 6.67. The van der Waals surface area contributed by atoms with Gasteiger partial charge in [0.05, 0.1) is 7.11 Å². The summed E-state index contributed by atoms with van der Waals surface area (Å²) < 4.78 is 5.24. The summed E-state index contributed by atoms with van der Waals surface area (Å²) >= 11 is 0. The van der Waals surface area contributed by atoms with Crippen molar-refractivity contribution in [2.75, 3.05) is 20.2 Å². The SMILES string of the molecule is COc1ccc(-c2cccc3[nH]c(C(=O)NN4CCCCC4)cc23)cc1. The highest BCUT2D eigenvalue weighted by molar-refractivity contribution is 6.02. The molecular weight excluding hydrogens is 326 g/mol. The van der Waals surface area contributed by atoms with Crippen molar-refractivity contribution < 1.29 is 9.53 Å². The smallest absolute Gasteiger partial charge is 0.282 e. The van der Waals surface area contributed by atoms with Crippen LogP contribution in [0.5, 0.6) is 5.75 Å². The molecule has 1 amide bonds. The summed E-state index contributed by atoms with van der Waals surface area (Å²) in [6, 6.07) is 16.0. The Morgan fingerprint density at radius 1 is 1.08 bits per heavy atom. The maximum Gasteiger partial charge on any atom is 0.282 e. The van der Waals surface area contributed by atoms with Gasteiger partial charge in [0.1, 0.15) is 11.4 Å². The molecule has 26 heavy (non-hydrogen) atoms. The predicted octanol–water partition coefficient (Wildman–Crippen LogP) is 3.97. The van der Waals surface area contributed by atoms with Crippen LogP contribution in [0.3, 0.4) is 0 Å². The number of fused-ring (bicyclic) bond motifs is 1. The number of ether oxygens (including phenoxy) is 1. The van der Waals surface area contributed by atoms with E-state index in [0.717, 1.165) is 53.7 Å². The lowest BCUT2D eigenvalue weighted by molar-refractivity contribution is 0.0745. The molecular formula is C21H23N3O2. The minimum atomic E-state index is -0.0798. The number of aromatic amines is 1. The average Bonchev–Trinajstić information content (AvgIpc) is 3.13. The van der Waals surface area contributed by atoms with Crippen molar-refractivity contribution in [3.05, 3.63) is 54.2 Å². The molecule has 5 heteroatoms. The number of methoxy groups -OCH3 is 1. The maximum atomic E-state index is 12.6. The van der Waals surface area contributed by atoms with E-state index >= 15 is 0 Å². The van der Waals surface area contributed by atoms with Crippen molar-refractivity contribution in [2.45, 2.75) is 19.3 Å². The molecule has 2 N–H and O–H groups in total. The van der Waals surface area contributed by atoms with Crippen molar-refractivity contribution in [3.8, 4) is 16.9 Å². The highest BCUT2D eigenvalue weighted by Crippen LogP contribution is 2.30. The van der Waals surface area contributed by atoms with Gasteiger partial charge in [0.25, 0.3) is 5.91 Å². The molecule has 5 nitrogen and oxygen atoms in total. The molecule has 1 fully saturated rings. The minimum absolute atomic E-state index is 0.0798. The van der Waals surface area contributed by atoms with Crippen molar-refractivity contribution in [3.63, 3.8) is 0 Å². The monoisotopic (exact) mass is 349 g/mol. The molecule has 0 saturated carbocycles. The van der Waals surface area contributed by atoms with Gasteiger partial charge < -0.3 is 9.72 Å². The van der Waals surface area contributed by atoms with E-state index in [2.05, 4.69) is 16.5 Å². The first-order valence-electron chi connectivity index (χ1n) is 9.07. The number of carbonyl (C=O) groups is 1.